The van der Waals surface area contributed by atoms with Gasteiger partial charge in [-0.1, -0.05) is 32.9 Å². The summed E-state index contributed by atoms with van der Waals surface area (Å²) in [6.45, 7) is 6.43. The van der Waals surface area contributed by atoms with Crippen LogP contribution < -0.4 is 4.74 Å². The Morgan fingerprint density at radius 1 is 1.17 bits per heavy atom. The molecule has 1 aromatic carbocycles. The minimum absolute atomic E-state index is 0.0180. The van der Waals surface area contributed by atoms with Gasteiger partial charge in [0, 0.05) is 28.8 Å². The second-order valence-corrected chi connectivity index (χ2v) is 7.10. The van der Waals surface area contributed by atoms with Gasteiger partial charge in [-0.3, -0.25) is 0 Å². The standard InChI is InChI=1S/C18H16N4OS/c1-18(2,3)15-11-24-17(22-15)12-5-4-6-13(9-12)23-16-14(10-19)20-7-8-21-16/h4-9,11H,1-3H3. The second kappa shape index (κ2) is 6.38. The van der Waals surface area contributed by atoms with E-state index in [9.17, 15) is 0 Å². The van der Waals surface area contributed by atoms with Crippen LogP contribution in [-0.2, 0) is 5.41 Å². The molecule has 3 aromatic rings. The van der Waals surface area contributed by atoms with Crippen molar-refractivity contribution in [1.82, 2.24) is 15.0 Å². The van der Waals surface area contributed by atoms with Crippen LogP contribution in [0.5, 0.6) is 11.6 Å². The van der Waals surface area contributed by atoms with Gasteiger partial charge in [-0.15, -0.1) is 11.3 Å². The first kappa shape index (κ1) is 16.1. The maximum atomic E-state index is 9.07. The summed E-state index contributed by atoms with van der Waals surface area (Å²) in [5, 5.41) is 12.1. The number of ether oxygens (including phenoxy) is 1. The highest BCUT2D eigenvalue weighted by atomic mass is 32.1. The largest absolute Gasteiger partial charge is 0.436 e. The molecule has 0 spiro atoms. The molecule has 5 nitrogen and oxygen atoms in total. The molecular weight excluding hydrogens is 320 g/mol. The molecule has 0 aliphatic heterocycles. The fourth-order valence-corrected chi connectivity index (χ4v) is 3.08. The molecule has 2 aromatic heterocycles. The summed E-state index contributed by atoms with van der Waals surface area (Å²) in [4.78, 5) is 12.7. The Kier molecular flexibility index (Phi) is 4.28. The lowest BCUT2D eigenvalue weighted by atomic mass is 9.93. The Bertz CT molecular complexity index is 906. The second-order valence-electron chi connectivity index (χ2n) is 6.24. The van der Waals surface area contributed by atoms with Gasteiger partial charge in [-0.25, -0.2) is 15.0 Å². The molecule has 0 saturated heterocycles. The van der Waals surface area contributed by atoms with Crippen LogP contribution >= 0.6 is 11.3 Å². The molecular formula is C18H16N4OS. The fourth-order valence-electron chi connectivity index (χ4n) is 2.03. The third-order valence-corrected chi connectivity index (χ3v) is 4.23. The van der Waals surface area contributed by atoms with Crippen LogP contribution in [0.25, 0.3) is 10.6 Å². The van der Waals surface area contributed by atoms with Gasteiger partial charge in [0.05, 0.1) is 5.69 Å². The van der Waals surface area contributed by atoms with Gasteiger partial charge in [0.1, 0.15) is 16.8 Å². The lowest BCUT2D eigenvalue weighted by Crippen LogP contribution is -2.11. The van der Waals surface area contributed by atoms with Crippen LogP contribution in [0, 0.1) is 11.3 Å². The maximum Gasteiger partial charge on any atom is 0.256 e. The van der Waals surface area contributed by atoms with Crippen molar-refractivity contribution in [2.75, 3.05) is 0 Å². The molecule has 6 heteroatoms. The van der Waals surface area contributed by atoms with Crippen LogP contribution in [0.15, 0.2) is 42.0 Å². The molecule has 0 aliphatic carbocycles. The third kappa shape index (κ3) is 3.42. The monoisotopic (exact) mass is 336 g/mol. The molecule has 0 saturated carbocycles. The first-order valence-corrected chi connectivity index (χ1v) is 8.31. The fraction of sp³-hybridized carbons (Fsp3) is 0.222. The zero-order valence-electron chi connectivity index (χ0n) is 13.6. The molecule has 0 atom stereocenters. The number of thiazole rings is 1. The Morgan fingerprint density at radius 3 is 2.67 bits per heavy atom. The van der Waals surface area contributed by atoms with Crippen molar-refractivity contribution in [2.24, 2.45) is 0 Å². The molecule has 120 valence electrons. The van der Waals surface area contributed by atoms with Crippen molar-refractivity contribution >= 4 is 11.3 Å². The van der Waals surface area contributed by atoms with Crippen molar-refractivity contribution < 1.29 is 4.74 Å². The molecule has 0 N–H and O–H groups in total. The van der Waals surface area contributed by atoms with Gasteiger partial charge < -0.3 is 4.74 Å². The van der Waals surface area contributed by atoms with Gasteiger partial charge in [-0.05, 0) is 12.1 Å². The molecule has 0 aliphatic rings. The Morgan fingerprint density at radius 2 is 1.96 bits per heavy atom. The van der Waals surface area contributed by atoms with Gasteiger partial charge in [0.15, 0.2) is 0 Å². The van der Waals surface area contributed by atoms with Crippen molar-refractivity contribution in [2.45, 2.75) is 26.2 Å². The number of rotatable bonds is 3. The summed E-state index contributed by atoms with van der Waals surface area (Å²) in [7, 11) is 0. The number of hydrogen-bond donors (Lipinski definition) is 0. The smallest absolute Gasteiger partial charge is 0.256 e. The first-order valence-electron chi connectivity index (χ1n) is 7.43. The third-order valence-electron chi connectivity index (χ3n) is 3.34. The van der Waals surface area contributed by atoms with Crippen molar-refractivity contribution in [3.8, 4) is 28.3 Å². The Hall–Kier alpha value is -2.78. The van der Waals surface area contributed by atoms with Crippen LogP contribution in [0.4, 0.5) is 0 Å². The highest BCUT2D eigenvalue weighted by Gasteiger charge is 2.18. The minimum atomic E-state index is 0.0180. The predicted molar refractivity (Wildman–Crippen MR) is 93.1 cm³/mol. The van der Waals surface area contributed by atoms with E-state index < -0.39 is 0 Å². The van der Waals surface area contributed by atoms with Gasteiger partial charge in [-0.2, -0.15) is 5.26 Å². The lowest BCUT2D eigenvalue weighted by molar-refractivity contribution is 0.458. The van der Waals surface area contributed by atoms with Gasteiger partial charge >= 0.3 is 0 Å². The maximum absolute atomic E-state index is 9.07. The molecule has 0 fully saturated rings. The van der Waals surface area contributed by atoms with E-state index in [0.29, 0.717) is 5.75 Å². The summed E-state index contributed by atoms with van der Waals surface area (Å²) < 4.78 is 5.72. The van der Waals surface area contributed by atoms with E-state index in [1.807, 2.05) is 30.3 Å². The molecule has 2 heterocycles. The number of nitriles is 1. The molecule has 0 amide bonds. The number of aromatic nitrogens is 3. The molecule has 0 radical (unpaired) electrons. The summed E-state index contributed by atoms with van der Waals surface area (Å²) in [5.41, 5.74) is 2.21. The zero-order chi connectivity index (χ0) is 17.2. The van der Waals surface area contributed by atoms with E-state index in [-0.39, 0.29) is 17.0 Å². The molecule has 24 heavy (non-hydrogen) atoms. The average Bonchev–Trinajstić information content (AvgIpc) is 3.06. The number of nitrogens with zero attached hydrogens (tertiary/aromatic N) is 4. The Labute approximate surface area is 144 Å². The van der Waals surface area contributed by atoms with Crippen LogP contribution in [0.1, 0.15) is 32.2 Å². The SMILES string of the molecule is CC(C)(C)c1csc(-c2cccc(Oc3nccnc3C#N)c2)n1. The quantitative estimate of drug-likeness (QED) is 0.701. The van der Waals surface area contributed by atoms with Crippen molar-refractivity contribution in [3.05, 3.63) is 53.4 Å². The Balaban J connectivity index is 1.90. The van der Waals surface area contributed by atoms with E-state index in [0.717, 1.165) is 16.3 Å². The number of benzene rings is 1. The van der Waals surface area contributed by atoms with Crippen molar-refractivity contribution in [3.63, 3.8) is 0 Å². The highest BCUT2D eigenvalue weighted by Crippen LogP contribution is 2.32. The molecule has 0 unspecified atom stereocenters. The summed E-state index contributed by atoms with van der Waals surface area (Å²) >= 11 is 1.61. The average molecular weight is 336 g/mol. The van der Waals surface area contributed by atoms with Gasteiger partial charge in [0.2, 0.25) is 5.69 Å². The predicted octanol–water partition coefficient (Wildman–Crippen LogP) is 4.56. The van der Waals surface area contributed by atoms with Gasteiger partial charge in [0.25, 0.3) is 5.88 Å². The first-order chi connectivity index (χ1) is 11.5. The summed E-state index contributed by atoms with van der Waals surface area (Å²) in [6, 6.07) is 9.56. The molecule has 3 rings (SSSR count). The topological polar surface area (TPSA) is 71.7 Å². The van der Waals surface area contributed by atoms with E-state index in [2.05, 4.69) is 36.1 Å². The van der Waals surface area contributed by atoms with Crippen molar-refractivity contribution in [1.29, 1.82) is 5.26 Å². The highest BCUT2D eigenvalue weighted by molar-refractivity contribution is 7.13. The zero-order valence-corrected chi connectivity index (χ0v) is 14.5. The van der Waals surface area contributed by atoms with Crippen LogP contribution in [0.3, 0.4) is 0 Å². The normalized spacial score (nSPS) is 11.1. The van der Waals surface area contributed by atoms with E-state index in [1.165, 1.54) is 12.4 Å². The minimum Gasteiger partial charge on any atom is -0.436 e. The van der Waals surface area contributed by atoms with E-state index in [4.69, 9.17) is 15.0 Å². The van der Waals surface area contributed by atoms with E-state index in [1.54, 1.807) is 11.3 Å². The molecule has 0 bridgehead atoms. The summed E-state index contributed by atoms with van der Waals surface area (Å²) in [6.07, 6.45) is 2.96. The summed E-state index contributed by atoms with van der Waals surface area (Å²) in [5.74, 6) is 0.795. The lowest BCUT2D eigenvalue weighted by Gasteiger charge is -2.14. The van der Waals surface area contributed by atoms with E-state index >= 15 is 0 Å². The van der Waals surface area contributed by atoms with Crippen LogP contribution in [0.2, 0.25) is 0 Å². The number of hydrogen-bond acceptors (Lipinski definition) is 6. The van der Waals surface area contributed by atoms with Crippen LogP contribution in [-0.4, -0.2) is 15.0 Å².